The highest BCUT2D eigenvalue weighted by molar-refractivity contribution is 5.93. The van der Waals surface area contributed by atoms with Crippen LogP contribution >= 0.6 is 0 Å². The molecule has 0 heterocycles. The lowest BCUT2D eigenvalue weighted by Crippen LogP contribution is -2.28. The minimum absolute atomic E-state index is 0.122. The summed E-state index contributed by atoms with van der Waals surface area (Å²) >= 11 is 0. The smallest absolute Gasteiger partial charge is 0.253 e. The van der Waals surface area contributed by atoms with Gasteiger partial charge in [-0.3, -0.25) is 4.79 Å². The lowest BCUT2D eigenvalue weighted by atomic mass is 10.2. The summed E-state index contributed by atoms with van der Waals surface area (Å²) in [6, 6.07) is 7.08. The van der Waals surface area contributed by atoms with E-state index in [0.717, 1.165) is 12.1 Å². The minimum atomic E-state index is -0.432. The van der Waals surface area contributed by atoms with Gasteiger partial charge in [-0.15, -0.1) is 0 Å². The van der Waals surface area contributed by atoms with Crippen molar-refractivity contribution in [3.8, 4) is 0 Å². The van der Waals surface area contributed by atoms with Gasteiger partial charge < -0.3 is 15.8 Å². The Morgan fingerprint density at radius 3 is 2.50 bits per heavy atom. The first kappa shape index (κ1) is 16.5. The molecule has 1 aromatic rings. The Morgan fingerprint density at radius 1 is 1.20 bits per heavy atom. The Labute approximate surface area is 121 Å². The Kier molecular flexibility index (Phi) is 7.73. The van der Waals surface area contributed by atoms with E-state index in [2.05, 4.69) is 12.2 Å². The number of nitrogens with one attached hydrogen (secondary N) is 1. The van der Waals surface area contributed by atoms with E-state index in [0.29, 0.717) is 12.3 Å². The topological polar surface area (TPSA) is 64.3 Å². The summed E-state index contributed by atoms with van der Waals surface area (Å²) < 4.78 is 5.54. The zero-order valence-electron chi connectivity index (χ0n) is 12.5. The van der Waals surface area contributed by atoms with Crippen LogP contribution in [0.2, 0.25) is 0 Å². The van der Waals surface area contributed by atoms with Crippen molar-refractivity contribution in [1.82, 2.24) is 0 Å². The van der Waals surface area contributed by atoms with Gasteiger partial charge in [0, 0.05) is 18.0 Å². The van der Waals surface area contributed by atoms with Crippen LogP contribution in [0.1, 0.15) is 46.0 Å². The van der Waals surface area contributed by atoms with Gasteiger partial charge in [0.25, 0.3) is 5.91 Å². The molecule has 0 saturated heterocycles. The van der Waals surface area contributed by atoms with Crippen molar-refractivity contribution in [2.45, 2.75) is 52.1 Å². The molecule has 0 aliphatic rings. The number of nitrogens with two attached hydrogens (primary N) is 1. The second-order valence-electron chi connectivity index (χ2n) is 5.04. The molecule has 0 bridgehead atoms. The van der Waals surface area contributed by atoms with Crippen LogP contribution in [-0.2, 0) is 9.53 Å². The van der Waals surface area contributed by atoms with E-state index in [1.807, 2.05) is 0 Å². The fourth-order valence-electron chi connectivity index (χ4n) is 1.85. The summed E-state index contributed by atoms with van der Waals surface area (Å²) in [4.78, 5) is 11.9. The van der Waals surface area contributed by atoms with Crippen LogP contribution in [0.3, 0.4) is 0 Å². The second kappa shape index (κ2) is 9.37. The molecule has 4 nitrogen and oxygen atoms in total. The maximum atomic E-state index is 11.9. The van der Waals surface area contributed by atoms with E-state index in [-0.39, 0.29) is 5.91 Å². The predicted octanol–water partition coefficient (Wildman–Crippen LogP) is 3.58. The number of amides is 1. The van der Waals surface area contributed by atoms with Crippen LogP contribution in [0.4, 0.5) is 11.4 Å². The summed E-state index contributed by atoms with van der Waals surface area (Å²) in [7, 11) is 0. The third-order valence-electron chi connectivity index (χ3n) is 3.16. The molecule has 1 atom stereocenters. The van der Waals surface area contributed by atoms with Crippen LogP contribution < -0.4 is 11.1 Å². The van der Waals surface area contributed by atoms with Gasteiger partial charge in [0.2, 0.25) is 0 Å². The number of rotatable bonds is 9. The summed E-state index contributed by atoms with van der Waals surface area (Å²) in [6.45, 7) is 4.61. The number of anilines is 2. The molecular weight excluding hydrogens is 252 g/mol. The van der Waals surface area contributed by atoms with E-state index in [9.17, 15) is 4.79 Å². The van der Waals surface area contributed by atoms with Crippen molar-refractivity contribution >= 4 is 17.3 Å². The van der Waals surface area contributed by atoms with Gasteiger partial charge in [0.05, 0.1) is 0 Å². The first-order chi connectivity index (χ1) is 9.63. The molecule has 20 heavy (non-hydrogen) atoms. The molecule has 0 saturated carbocycles. The molecule has 4 heteroatoms. The number of nitrogen functional groups attached to an aromatic ring is 1. The molecule has 0 spiro atoms. The summed E-state index contributed by atoms with van der Waals surface area (Å²) in [6.07, 6.45) is 5.50. The van der Waals surface area contributed by atoms with Gasteiger partial charge in [0.15, 0.2) is 0 Å². The molecule has 1 unspecified atom stereocenters. The van der Waals surface area contributed by atoms with Crippen molar-refractivity contribution in [1.29, 1.82) is 0 Å². The number of carbonyl (C=O) groups is 1. The molecule has 112 valence electrons. The first-order valence-electron chi connectivity index (χ1n) is 7.41. The number of unbranched alkanes of at least 4 members (excludes halogenated alkanes) is 4. The monoisotopic (exact) mass is 278 g/mol. The Hall–Kier alpha value is -1.55. The SMILES string of the molecule is CCCCCCCOC(C)C(=O)Nc1ccc(N)cc1. The average Bonchev–Trinajstić information content (AvgIpc) is 2.45. The van der Waals surface area contributed by atoms with Gasteiger partial charge >= 0.3 is 0 Å². The molecule has 0 aliphatic heterocycles. The van der Waals surface area contributed by atoms with Crippen molar-refractivity contribution < 1.29 is 9.53 Å². The third kappa shape index (κ3) is 6.57. The van der Waals surface area contributed by atoms with Crippen molar-refractivity contribution in [2.24, 2.45) is 0 Å². The predicted molar refractivity (Wildman–Crippen MR) is 83.7 cm³/mol. The number of ether oxygens (including phenoxy) is 1. The minimum Gasteiger partial charge on any atom is -0.399 e. The normalized spacial score (nSPS) is 12.1. The summed E-state index contributed by atoms with van der Waals surface area (Å²) in [5, 5.41) is 2.81. The van der Waals surface area contributed by atoms with Crippen LogP contribution in [0.15, 0.2) is 24.3 Å². The van der Waals surface area contributed by atoms with E-state index >= 15 is 0 Å². The second-order valence-corrected chi connectivity index (χ2v) is 5.04. The van der Waals surface area contributed by atoms with Gasteiger partial charge in [-0.05, 0) is 37.6 Å². The molecule has 0 aliphatic carbocycles. The van der Waals surface area contributed by atoms with Gasteiger partial charge in [0.1, 0.15) is 6.10 Å². The number of carbonyl (C=O) groups excluding carboxylic acids is 1. The molecule has 0 aromatic heterocycles. The lowest BCUT2D eigenvalue weighted by Gasteiger charge is -2.13. The van der Waals surface area contributed by atoms with Gasteiger partial charge in [-0.2, -0.15) is 0 Å². The number of hydrogen-bond acceptors (Lipinski definition) is 3. The van der Waals surface area contributed by atoms with Crippen LogP contribution in [-0.4, -0.2) is 18.6 Å². The zero-order chi connectivity index (χ0) is 14.8. The standard InChI is InChI=1S/C16H26N2O2/c1-3-4-5-6-7-12-20-13(2)16(19)18-15-10-8-14(17)9-11-15/h8-11,13H,3-7,12,17H2,1-2H3,(H,18,19). The van der Waals surface area contributed by atoms with Crippen LogP contribution in [0, 0.1) is 0 Å². The fourth-order valence-corrected chi connectivity index (χ4v) is 1.85. The Balaban J connectivity index is 2.20. The van der Waals surface area contributed by atoms with E-state index in [4.69, 9.17) is 10.5 Å². The van der Waals surface area contributed by atoms with E-state index in [1.54, 1.807) is 31.2 Å². The number of hydrogen-bond donors (Lipinski definition) is 2. The van der Waals surface area contributed by atoms with Crippen molar-refractivity contribution in [3.63, 3.8) is 0 Å². The molecule has 0 radical (unpaired) electrons. The molecule has 1 aromatic carbocycles. The van der Waals surface area contributed by atoms with Gasteiger partial charge in [-0.25, -0.2) is 0 Å². The Bertz CT molecular complexity index is 390. The summed E-state index contributed by atoms with van der Waals surface area (Å²) in [5.74, 6) is -0.122. The van der Waals surface area contributed by atoms with Gasteiger partial charge in [-0.1, -0.05) is 32.6 Å². The highest BCUT2D eigenvalue weighted by atomic mass is 16.5. The molecule has 1 amide bonds. The Morgan fingerprint density at radius 2 is 1.85 bits per heavy atom. The van der Waals surface area contributed by atoms with Crippen molar-refractivity contribution in [2.75, 3.05) is 17.7 Å². The highest BCUT2D eigenvalue weighted by Gasteiger charge is 2.12. The lowest BCUT2D eigenvalue weighted by molar-refractivity contribution is -0.126. The molecule has 0 fully saturated rings. The largest absolute Gasteiger partial charge is 0.399 e. The first-order valence-corrected chi connectivity index (χ1v) is 7.41. The highest BCUT2D eigenvalue weighted by Crippen LogP contribution is 2.11. The van der Waals surface area contributed by atoms with Crippen molar-refractivity contribution in [3.05, 3.63) is 24.3 Å². The zero-order valence-corrected chi connectivity index (χ0v) is 12.5. The molecular formula is C16H26N2O2. The maximum absolute atomic E-state index is 11.9. The quantitative estimate of drug-likeness (QED) is 0.536. The van der Waals surface area contributed by atoms with Crippen LogP contribution in [0.25, 0.3) is 0 Å². The third-order valence-corrected chi connectivity index (χ3v) is 3.16. The fraction of sp³-hybridized carbons (Fsp3) is 0.562. The molecule has 3 N–H and O–H groups in total. The van der Waals surface area contributed by atoms with Crippen LogP contribution in [0.5, 0.6) is 0 Å². The summed E-state index contributed by atoms with van der Waals surface area (Å²) in [5.41, 5.74) is 7.01. The maximum Gasteiger partial charge on any atom is 0.253 e. The average molecular weight is 278 g/mol. The van der Waals surface area contributed by atoms with E-state index in [1.165, 1.54) is 25.7 Å². The van der Waals surface area contributed by atoms with E-state index < -0.39 is 6.10 Å². The number of benzene rings is 1. The molecule has 1 rings (SSSR count).